The van der Waals surface area contributed by atoms with Crippen LogP contribution < -0.4 is 10.1 Å². The number of thiazole rings is 1. The molecule has 146 valence electrons. The van der Waals surface area contributed by atoms with E-state index in [9.17, 15) is 13.6 Å². The fraction of sp³-hybridized carbons (Fsp3) is 0.0909. The van der Waals surface area contributed by atoms with Gasteiger partial charge in [-0.1, -0.05) is 42.5 Å². The molecule has 0 fully saturated rings. The Bertz CT molecular complexity index is 1110. The van der Waals surface area contributed by atoms with Gasteiger partial charge < -0.3 is 10.1 Å². The van der Waals surface area contributed by atoms with Gasteiger partial charge >= 0.3 is 6.61 Å². The van der Waals surface area contributed by atoms with Gasteiger partial charge in [-0.2, -0.15) is 8.78 Å². The summed E-state index contributed by atoms with van der Waals surface area (Å²) in [6, 6.07) is 20.6. The number of carbonyl (C=O) groups is 1. The van der Waals surface area contributed by atoms with Crippen LogP contribution in [0.25, 0.3) is 10.2 Å². The van der Waals surface area contributed by atoms with Gasteiger partial charge in [-0.3, -0.25) is 4.79 Å². The quantitative estimate of drug-likeness (QED) is 0.462. The molecule has 3 aromatic carbocycles. The van der Waals surface area contributed by atoms with Crippen LogP contribution in [0.5, 0.6) is 5.75 Å². The van der Waals surface area contributed by atoms with Gasteiger partial charge in [-0.25, -0.2) is 4.98 Å². The maximum Gasteiger partial charge on any atom is 0.387 e. The number of benzene rings is 3. The van der Waals surface area contributed by atoms with Crippen LogP contribution in [0.1, 0.15) is 27.5 Å². The zero-order valence-electron chi connectivity index (χ0n) is 15.1. The largest absolute Gasteiger partial charge is 0.435 e. The van der Waals surface area contributed by atoms with E-state index in [0.29, 0.717) is 5.56 Å². The second kappa shape index (κ2) is 8.36. The van der Waals surface area contributed by atoms with Gasteiger partial charge in [0.15, 0.2) is 0 Å². The van der Waals surface area contributed by atoms with E-state index in [-0.39, 0.29) is 11.7 Å². The first kappa shape index (κ1) is 19.0. The smallest absolute Gasteiger partial charge is 0.387 e. The third-order valence-corrected chi connectivity index (χ3v) is 5.23. The molecular formula is C22H16F2N2O2S. The van der Waals surface area contributed by atoms with Gasteiger partial charge in [0.1, 0.15) is 5.75 Å². The van der Waals surface area contributed by atoms with Crippen molar-refractivity contribution < 1.29 is 18.3 Å². The molecule has 0 saturated carbocycles. The van der Waals surface area contributed by atoms with Crippen LogP contribution in [-0.4, -0.2) is 17.5 Å². The Kier molecular flexibility index (Phi) is 5.48. The van der Waals surface area contributed by atoms with Gasteiger partial charge in [-0.15, -0.1) is 11.3 Å². The SMILES string of the molecule is O=C(NC(c1ccccc1)c1ccc(OC(F)F)cc1)c1ccc2ncsc2c1. The summed E-state index contributed by atoms with van der Waals surface area (Å²) in [5.74, 6) is -0.167. The lowest BCUT2D eigenvalue weighted by Gasteiger charge is -2.20. The zero-order chi connectivity index (χ0) is 20.2. The Labute approximate surface area is 169 Å². The Balaban J connectivity index is 1.63. The van der Waals surface area contributed by atoms with Crippen molar-refractivity contribution in [2.45, 2.75) is 12.7 Å². The van der Waals surface area contributed by atoms with Crippen LogP contribution in [0.3, 0.4) is 0 Å². The van der Waals surface area contributed by atoms with Crippen LogP contribution in [0, 0.1) is 0 Å². The minimum Gasteiger partial charge on any atom is -0.435 e. The summed E-state index contributed by atoms with van der Waals surface area (Å²) in [6.45, 7) is -2.88. The monoisotopic (exact) mass is 410 g/mol. The number of carbonyl (C=O) groups excluding carboxylic acids is 1. The lowest BCUT2D eigenvalue weighted by molar-refractivity contribution is -0.0498. The number of halogens is 2. The third-order valence-electron chi connectivity index (χ3n) is 4.44. The Hall–Kier alpha value is -3.32. The number of hydrogen-bond donors (Lipinski definition) is 1. The minimum absolute atomic E-state index is 0.0672. The highest BCUT2D eigenvalue weighted by atomic mass is 32.1. The fourth-order valence-electron chi connectivity index (χ4n) is 3.06. The van der Waals surface area contributed by atoms with Crippen molar-refractivity contribution in [3.8, 4) is 5.75 Å². The van der Waals surface area contributed by atoms with Crippen molar-refractivity contribution >= 4 is 27.5 Å². The van der Waals surface area contributed by atoms with Gasteiger partial charge in [0.25, 0.3) is 5.91 Å². The van der Waals surface area contributed by atoms with Crippen LogP contribution in [0.2, 0.25) is 0 Å². The lowest BCUT2D eigenvalue weighted by atomic mass is 9.98. The Morgan fingerprint density at radius 2 is 1.69 bits per heavy atom. The molecule has 0 spiro atoms. The summed E-state index contributed by atoms with van der Waals surface area (Å²) in [6.07, 6.45) is 0. The molecule has 0 aliphatic heterocycles. The van der Waals surface area contributed by atoms with E-state index in [1.807, 2.05) is 42.5 Å². The summed E-state index contributed by atoms with van der Waals surface area (Å²) < 4.78 is 30.2. The van der Waals surface area contributed by atoms with Crippen LogP contribution in [-0.2, 0) is 0 Å². The molecular weight excluding hydrogens is 394 g/mol. The number of nitrogens with one attached hydrogen (secondary N) is 1. The highest BCUT2D eigenvalue weighted by molar-refractivity contribution is 7.16. The summed E-state index contributed by atoms with van der Waals surface area (Å²) in [5, 5.41) is 3.04. The van der Waals surface area contributed by atoms with Crippen LogP contribution >= 0.6 is 11.3 Å². The summed E-state index contributed by atoms with van der Waals surface area (Å²) >= 11 is 1.47. The van der Waals surface area contributed by atoms with E-state index in [1.54, 1.807) is 23.7 Å². The van der Waals surface area contributed by atoms with E-state index >= 15 is 0 Å². The molecule has 0 aliphatic carbocycles. The second-order valence-corrected chi connectivity index (χ2v) is 7.19. The summed E-state index contributed by atoms with van der Waals surface area (Å²) in [5.41, 5.74) is 4.75. The molecule has 1 aromatic heterocycles. The van der Waals surface area contributed by atoms with Crippen molar-refractivity contribution in [3.63, 3.8) is 0 Å². The molecule has 0 bridgehead atoms. The molecule has 4 aromatic rings. The molecule has 1 unspecified atom stereocenters. The number of aromatic nitrogens is 1. The van der Waals surface area contributed by atoms with Crippen molar-refractivity contribution in [1.82, 2.24) is 10.3 Å². The fourth-order valence-corrected chi connectivity index (χ4v) is 3.77. The summed E-state index contributed by atoms with van der Waals surface area (Å²) in [4.78, 5) is 17.2. The molecule has 0 aliphatic rings. The van der Waals surface area contributed by atoms with Gasteiger partial charge in [-0.05, 0) is 41.5 Å². The number of hydrogen-bond acceptors (Lipinski definition) is 4. The van der Waals surface area contributed by atoms with Crippen molar-refractivity contribution in [2.24, 2.45) is 0 Å². The number of ether oxygens (including phenoxy) is 1. The topological polar surface area (TPSA) is 51.2 Å². The van der Waals surface area contributed by atoms with Crippen molar-refractivity contribution in [3.05, 3.63) is 95.0 Å². The van der Waals surface area contributed by atoms with Crippen molar-refractivity contribution in [2.75, 3.05) is 0 Å². The van der Waals surface area contributed by atoms with Crippen LogP contribution in [0.15, 0.2) is 78.3 Å². The van der Waals surface area contributed by atoms with Crippen molar-refractivity contribution in [1.29, 1.82) is 0 Å². The first-order valence-electron chi connectivity index (χ1n) is 8.84. The molecule has 1 amide bonds. The highest BCUT2D eigenvalue weighted by Gasteiger charge is 2.18. The van der Waals surface area contributed by atoms with E-state index in [4.69, 9.17) is 0 Å². The molecule has 1 atom stereocenters. The number of fused-ring (bicyclic) bond motifs is 1. The molecule has 1 N–H and O–H groups in total. The molecule has 0 radical (unpaired) electrons. The number of alkyl halides is 2. The highest BCUT2D eigenvalue weighted by Crippen LogP contribution is 2.26. The van der Waals surface area contributed by atoms with E-state index in [0.717, 1.165) is 21.3 Å². The average molecular weight is 410 g/mol. The number of rotatable bonds is 6. The van der Waals surface area contributed by atoms with Gasteiger partial charge in [0.2, 0.25) is 0 Å². The zero-order valence-corrected chi connectivity index (χ0v) is 15.9. The molecule has 29 heavy (non-hydrogen) atoms. The van der Waals surface area contributed by atoms with E-state index in [2.05, 4.69) is 15.0 Å². The number of amides is 1. The minimum atomic E-state index is -2.88. The third kappa shape index (κ3) is 4.41. The van der Waals surface area contributed by atoms with Gasteiger partial charge in [0.05, 0.1) is 21.8 Å². The molecule has 4 rings (SSSR count). The predicted octanol–water partition coefficient (Wildman–Crippen LogP) is 5.42. The predicted molar refractivity (Wildman–Crippen MR) is 108 cm³/mol. The normalized spacial score (nSPS) is 12.1. The summed E-state index contributed by atoms with van der Waals surface area (Å²) in [7, 11) is 0. The lowest BCUT2D eigenvalue weighted by Crippen LogP contribution is -2.29. The van der Waals surface area contributed by atoms with E-state index in [1.165, 1.54) is 23.5 Å². The molecule has 4 nitrogen and oxygen atoms in total. The molecule has 0 saturated heterocycles. The molecule has 1 heterocycles. The van der Waals surface area contributed by atoms with Gasteiger partial charge in [0, 0.05) is 5.56 Å². The standard InChI is InChI=1S/C22H16F2N2O2S/c23-22(24)28-17-9-6-15(7-10-17)20(14-4-2-1-3-5-14)26-21(27)16-8-11-18-19(12-16)29-13-25-18/h1-13,20,22H,(H,26,27). The molecule has 7 heteroatoms. The van der Waals surface area contributed by atoms with Crippen LogP contribution in [0.4, 0.5) is 8.78 Å². The Morgan fingerprint density at radius 1 is 0.966 bits per heavy atom. The first-order chi connectivity index (χ1) is 14.1. The van der Waals surface area contributed by atoms with E-state index < -0.39 is 12.7 Å². The first-order valence-corrected chi connectivity index (χ1v) is 9.72. The second-order valence-electron chi connectivity index (χ2n) is 6.30. The Morgan fingerprint density at radius 3 is 2.41 bits per heavy atom. The maximum absolute atomic E-state index is 12.9. The number of nitrogens with zero attached hydrogens (tertiary/aromatic N) is 1. The maximum atomic E-state index is 12.9. The average Bonchev–Trinajstić information content (AvgIpc) is 3.21.